The molecule has 0 unspecified atom stereocenters. The number of H-pyrrole nitrogens is 3. The van der Waals surface area contributed by atoms with Gasteiger partial charge < -0.3 is 117 Å². The maximum absolute atomic E-state index is 15.1. The number of fused-ring (bicyclic) bond motifs is 2. The van der Waals surface area contributed by atoms with Crippen molar-refractivity contribution < 1.29 is 86.9 Å². The fourth-order valence-corrected chi connectivity index (χ4v) is 14.4. The Hall–Kier alpha value is -11.8. The summed E-state index contributed by atoms with van der Waals surface area (Å²) in [6, 6.07) is -6.19. The Bertz CT molecular complexity index is 4270. The zero-order valence-electron chi connectivity index (χ0n) is 63.9. The number of hydrogen-bond acceptors (Lipinski definition) is 21. The van der Waals surface area contributed by atoms with Crippen LogP contribution in [0.25, 0.3) is 21.8 Å². The number of carbonyl (C=O) groups excluding carboxylic acids is 15. The second-order valence-corrected chi connectivity index (χ2v) is 30.3. The molecule has 0 radical (unpaired) electrons. The van der Waals surface area contributed by atoms with E-state index in [0.29, 0.717) is 39.4 Å². The monoisotopic (exact) mass is 1630 g/mol. The number of rotatable bonds is 26. The number of primary amides is 2. The molecule has 1 saturated heterocycles. The molecule has 2 aromatic carbocycles. The fraction of sp³-hybridized carbons (Fsp3) is 0.500. The molecule has 26 N–H and O–H groups in total. The molecule has 0 spiro atoms. The third-order valence-electron chi connectivity index (χ3n) is 18.5. The molecule has 15 amide bonds. The smallest absolute Gasteiger partial charge is 0.305 e. The van der Waals surface area contributed by atoms with Crippen molar-refractivity contribution in [2.24, 2.45) is 29.0 Å². The van der Waals surface area contributed by atoms with Crippen LogP contribution in [-0.4, -0.2) is 234 Å². The number of nitrogens with two attached hydrogens (primary N) is 3. The summed E-state index contributed by atoms with van der Waals surface area (Å²) in [5.41, 5.74) is 19.0. The lowest BCUT2D eigenvalue weighted by molar-refractivity contribution is -0.141. The summed E-state index contributed by atoms with van der Waals surface area (Å²) in [5.74, 6) is -19.8. The van der Waals surface area contributed by atoms with Gasteiger partial charge in [0.1, 0.15) is 72.5 Å². The van der Waals surface area contributed by atoms with Crippen LogP contribution >= 0.6 is 21.6 Å². The van der Waals surface area contributed by atoms with Crippen LogP contribution in [0.1, 0.15) is 110 Å². The van der Waals surface area contributed by atoms with E-state index in [2.05, 4.69) is 94.4 Å². The SMILES string of the molecule is CC[C@@H]1NC(=O)CNC(=O)[C@H](Cc2c[nH]c3ccccc23)NC(=O)[C@H](CC(=O)O)NC(=O)[C@H](CCC(N)=O)NC(=O)[C@H](Cc2c[nH]c3ccccc23)NC(=O)[C@H](C(C)C)NC(=O)[C@@H](NC(=O)[C@@H](NC(C)=O)[C@@H](C)CC)CSSC[C@@H](C(=O)N[C@H](C(N)=O)[C@@H](C)O)NC(=O)[C@H](CCCNC(=N)N)NC(=O)[C@H](Cc2c[nH]cn2)NC1=O. The third-order valence-corrected chi connectivity index (χ3v) is 20.9. The van der Waals surface area contributed by atoms with Crippen molar-refractivity contribution in [3.8, 4) is 0 Å². The second kappa shape index (κ2) is 44.4. The number of amides is 15. The van der Waals surface area contributed by atoms with E-state index in [1.54, 1.807) is 68.6 Å². The number of aliphatic hydroxyl groups excluding tert-OH is 1. The van der Waals surface area contributed by atoms with Gasteiger partial charge in [-0.2, -0.15) is 0 Å². The highest BCUT2D eigenvalue weighted by Gasteiger charge is 2.39. The lowest BCUT2D eigenvalue weighted by Gasteiger charge is -2.29. The Labute approximate surface area is 662 Å². The molecule has 3 aromatic heterocycles. The van der Waals surface area contributed by atoms with E-state index in [-0.39, 0.29) is 50.8 Å². The predicted octanol–water partition coefficient (Wildman–Crippen LogP) is -4.27. The van der Waals surface area contributed by atoms with Gasteiger partial charge in [-0.15, -0.1) is 0 Å². The van der Waals surface area contributed by atoms with Crippen molar-refractivity contribution in [3.05, 3.63) is 90.3 Å². The van der Waals surface area contributed by atoms with Crippen molar-refractivity contribution in [2.45, 2.75) is 191 Å². The summed E-state index contributed by atoms with van der Waals surface area (Å²) < 4.78 is 0. The number of imidazole rings is 1. The number of guanidine groups is 1. The minimum atomic E-state index is -2.06. The summed E-state index contributed by atoms with van der Waals surface area (Å²) >= 11 is 0. The van der Waals surface area contributed by atoms with E-state index >= 15 is 14.4 Å². The largest absolute Gasteiger partial charge is 0.481 e. The highest BCUT2D eigenvalue weighted by Crippen LogP contribution is 2.26. The molecule has 0 bridgehead atoms. The number of carboxylic acids is 1. The molecule has 14 atom stereocenters. The minimum Gasteiger partial charge on any atom is -0.481 e. The van der Waals surface area contributed by atoms with Gasteiger partial charge in [0, 0.05) is 91.1 Å². The quantitative estimate of drug-likeness (QED) is 0.0108. The van der Waals surface area contributed by atoms with Crippen LogP contribution < -0.4 is 91.6 Å². The van der Waals surface area contributed by atoms with Crippen molar-refractivity contribution in [3.63, 3.8) is 0 Å². The molecule has 42 heteroatoms. The maximum Gasteiger partial charge on any atom is 0.305 e. The van der Waals surface area contributed by atoms with Crippen molar-refractivity contribution >= 4 is 144 Å². The summed E-state index contributed by atoms with van der Waals surface area (Å²) in [4.78, 5) is 239. The second-order valence-electron chi connectivity index (χ2n) is 27.7. The van der Waals surface area contributed by atoms with Gasteiger partial charge in [-0.25, -0.2) is 4.98 Å². The van der Waals surface area contributed by atoms with Gasteiger partial charge in [-0.05, 0) is 67.7 Å². The van der Waals surface area contributed by atoms with E-state index in [0.717, 1.165) is 28.5 Å². The number of benzene rings is 2. The number of nitrogens with zero attached hydrogens (tertiary/aromatic N) is 1. The predicted molar refractivity (Wildman–Crippen MR) is 418 cm³/mol. The van der Waals surface area contributed by atoms with Crippen LogP contribution in [0.5, 0.6) is 0 Å². The molecule has 620 valence electrons. The molecule has 114 heavy (non-hydrogen) atoms. The van der Waals surface area contributed by atoms with Crippen LogP contribution in [0.2, 0.25) is 0 Å². The Morgan fingerprint density at radius 2 is 1.13 bits per heavy atom. The van der Waals surface area contributed by atoms with Gasteiger partial charge in [-0.3, -0.25) is 82.1 Å². The van der Waals surface area contributed by atoms with Crippen LogP contribution in [0.3, 0.4) is 0 Å². The molecule has 0 saturated carbocycles. The molecule has 4 heterocycles. The molecule has 40 nitrogen and oxygen atoms in total. The molecule has 0 aliphatic carbocycles. The van der Waals surface area contributed by atoms with Gasteiger partial charge >= 0.3 is 5.97 Å². The van der Waals surface area contributed by atoms with Gasteiger partial charge in [0.25, 0.3) is 0 Å². The number of aromatic nitrogens is 4. The van der Waals surface area contributed by atoms with Gasteiger partial charge in [0.15, 0.2) is 5.96 Å². The number of aliphatic carboxylic acids is 1. The number of carbonyl (C=O) groups is 16. The Kier molecular flexibility index (Phi) is 35.5. The summed E-state index contributed by atoms with van der Waals surface area (Å²) in [6.07, 6.45) is 0.716. The highest BCUT2D eigenvalue weighted by atomic mass is 33.1. The van der Waals surface area contributed by atoms with Crippen LogP contribution in [0.15, 0.2) is 73.4 Å². The first-order chi connectivity index (χ1) is 54.1. The summed E-state index contributed by atoms with van der Waals surface area (Å²) in [7, 11) is 1.65. The average molecular weight is 1630 g/mol. The average Bonchev–Trinajstić information content (AvgIpc) is 1.71. The third kappa shape index (κ3) is 28.1. The molecular formula is C72H102N22O18S2. The Balaban J connectivity index is 1.48. The van der Waals surface area contributed by atoms with Crippen LogP contribution in [0.4, 0.5) is 0 Å². The number of carboxylic acid groups (broad SMARTS) is 1. The first kappa shape index (κ1) is 91.1. The van der Waals surface area contributed by atoms with Gasteiger partial charge in [0.05, 0.1) is 31.1 Å². The number of hydrogen-bond donors (Lipinski definition) is 23. The van der Waals surface area contributed by atoms with Gasteiger partial charge in [0.2, 0.25) is 88.6 Å². The maximum atomic E-state index is 15.1. The van der Waals surface area contributed by atoms with Crippen molar-refractivity contribution in [1.82, 2.24) is 94.4 Å². The lowest BCUT2D eigenvalue weighted by atomic mass is 9.97. The number of nitrogens with one attached hydrogen (secondary N) is 18. The van der Waals surface area contributed by atoms with Gasteiger partial charge in [-0.1, -0.05) is 99.0 Å². The van der Waals surface area contributed by atoms with E-state index < -0.39 is 228 Å². The molecule has 5 aromatic rings. The first-order valence-corrected chi connectivity index (χ1v) is 39.3. The summed E-state index contributed by atoms with van der Waals surface area (Å²) in [5, 5.41) is 65.2. The summed E-state index contributed by atoms with van der Waals surface area (Å²) in [6.45, 7) is 9.39. The van der Waals surface area contributed by atoms with Crippen LogP contribution in [0, 0.1) is 17.2 Å². The lowest BCUT2D eigenvalue weighted by Crippen LogP contribution is -2.61. The van der Waals surface area contributed by atoms with E-state index in [4.69, 9.17) is 22.6 Å². The van der Waals surface area contributed by atoms with Crippen molar-refractivity contribution in [2.75, 3.05) is 24.6 Å². The van der Waals surface area contributed by atoms with E-state index in [1.165, 1.54) is 46.4 Å². The van der Waals surface area contributed by atoms with Crippen molar-refractivity contribution in [1.29, 1.82) is 5.41 Å². The molecular weight excluding hydrogens is 1530 g/mol. The van der Waals surface area contributed by atoms with E-state index in [9.17, 15) is 72.5 Å². The zero-order valence-corrected chi connectivity index (χ0v) is 65.5. The standard InChI is InChI=1S/C72H102N22O18S2/c1-8-35(5)58(83-37(7)96)71(112)92-53-32-114-113-31-52(69(110)94-59(36(6)95)60(74)101)91-63(104)46(19-14-22-78-72(75)76)85-66(107)50(25-40-29-77-33-82-40)88-62(103)43(9-2)84-55(98)30-81-61(102)48(23-38-27-79-44-17-12-10-15-41(38)44)87-67(108)51(26-56(99)100)89-64(105)47(20-21-54(73)97)86-65(106)49(90-70(111)57(34(3)4)93-68(53)109)24-39-28-80-45-18-13-11-16-42(39)45/h10-13,15-18,27-29,33-36,43,46-53,57-59,79-80,95H,8-9,14,19-26,30-32H2,1-7H3,(H2,73,97)(H2,74,101)(H,77,82)(H,81,102)(H,83,96)(H,84,98)(H,85,107)(H,86,106)(H,87,108)(H,88,103)(H,89,105)(H,90,111)(H,91,104)(H,92,112)(H,93,109)(H,94,110)(H,99,100)(H4,75,76,78)/t35-,36+,43-,46-,47-,48-,49-,50-,51-,52-,53-,57-,58-,59-/m0/s1. The number of para-hydroxylation sites is 2. The Morgan fingerprint density at radius 3 is 1.67 bits per heavy atom. The minimum absolute atomic E-state index is 0.00296. The number of aliphatic hydroxyl groups is 1. The fourth-order valence-electron chi connectivity index (χ4n) is 12.1. The highest BCUT2D eigenvalue weighted by molar-refractivity contribution is 8.76. The molecule has 1 fully saturated rings. The molecule has 1 aliphatic heterocycles. The molecule has 6 rings (SSSR count). The Morgan fingerprint density at radius 1 is 0.605 bits per heavy atom. The van der Waals surface area contributed by atoms with E-state index in [1.807, 2.05) is 0 Å². The number of aromatic amines is 3. The zero-order chi connectivity index (χ0) is 84.0. The topological polar surface area (TPSA) is 644 Å². The van der Waals surface area contributed by atoms with Crippen LogP contribution in [-0.2, 0) is 96.0 Å². The first-order valence-electron chi connectivity index (χ1n) is 36.8. The molecule has 1 aliphatic rings. The normalized spacial score (nSPS) is 22.6.